The Morgan fingerprint density at radius 3 is 2.95 bits per heavy atom. The second-order valence-electron chi connectivity index (χ2n) is 4.47. The summed E-state index contributed by atoms with van der Waals surface area (Å²) in [6.07, 6.45) is 0.823. The van der Waals surface area contributed by atoms with E-state index in [-0.39, 0.29) is 11.9 Å². The van der Waals surface area contributed by atoms with Crippen molar-refractivity contribution in [3.05, 3.63) is 34.3 Å². The van der Waals surface area contributed by atoms with Crippen LogP contribution in [0.25, 0.3) is 0 Å². The predicted octanol–water partition coefficient (Wildman–Crippen LogP) is 1.73. The van der Waals surface area contributed by atoms with Crippen molar-refractivity contribution in [2.75, 3.05) is 26.8 Å². The van der Waals surface area contributed by atoms with Crippen LogP contribution in [0.2, 0.25) is 0 Å². The van der Waals surface area contributed by atoms with E-state index in [1.54, 1.807) is 7.11 Å². The minimum absolute atomic E-state index is 0.0126. The molecule has 5 heteroatoms. The van der Waals surface area contributed by atoms with Crippen LogP contribution < -0.4 is 10.6 Å². The summed E-state index contributed by atoms with van der Waals surface area (Å²) in [5.74, 6) is 0.0126. The molecule has 0 aliphatic rings. The van der Waals surface area contributed by atoms with Crippen LogP contribution in [0.1, 0.15) is 12.5 Å². The fourth-order valence-electron chi connectivity index (χ4n) is 1.77. The Labute approximate surface area is 123 Å². The molecule has 0 saturated heterocycles. The number of hydrogen-bond acceptors (Lipinski definition) is 3. The highest BCUT2D eigenvalue weighted by Gasteiger charge is 2.07. The predicted molar refractivity (Wildman–Crippen MR) is 80.2 cm³/mol. The molecule has 0 aliphatic heterocycles. The normalized spacial score (nSPS) is 12.2. The molecule has 4 nitrogen and oxygen atoms in total. The number of methoxy groups -OCH3 is 1. The Bertz CT molecular complexity index is 399. The highest BCUT2D eigenvalue weighted by Crippen LogP contribution is 2.12. The molecular formula is C14H21BrN2O2. The molecule has 1 aromatic carbocycles. The van der Waals surface area contributed by atoms with Crippen LogP contribution in [0.15, 0.2) is 28.7 Å². The second kappa shape index (κ2) is 9.07. The minimum atomic E-state index is 0.0126. The topological polar surface area (TPSA) is 50.4 Å². The largest absolute Gasteiger partial charge is 0.383 e. The van der Waals surface area contributed by atoms with Gasteiger partial charge in [0.15, 0.2) is 0 Å². The van der Waals surface area contributed by atoms with Crippen molar-refractivity contribution >= 4 is 21.8 Å². The van der Waals surface area contributed by atoms with Crippen molar-refractivity contribution in [1.82, 2.24) is 10.6 Å². The number of rotatable bonds is 8. The van der Waals surface area contributed by atoms with Gasteiger partial charge in [-0.25, -0.2) is 0 Å². The van der Waals surface area contributed by atoms with Crippen LogP contribution in [-0.4, -0.2) is 38.8 Å². The molecule has 0 saturated carbocycles. The van der Waals surface area contributed by atoms with E-state index in [2.05, 4.69) is 38.7 Å². The first-order chi connectivity index (χ1) is 9.11. The lowest BCUT2D eigenvalue weighted by molar-refractivity contribution is -0.120. The molecule has 1 aromatic rings. The Balaban J connectivity index is 2.26. The summed E-state index contributed by atoms with van der Waals surface area (Å²) in [6.45, 7) is 3.63. The number of carbonyl (C=O) groups excluding carboxylic acids is 1. The van der Waals surface area contributed by atoms with E-state index in [0.29, 0.717) is 19.7 Å². The third kappa shape index (κ3) is 7.30. The van der Waals surface area contributed by atoms with E-state index in [9.17, 15) is 4.79 Å². The van der Waals surface area contributed by atoms with Crippen LogP contribution in [0.5, 0.6) is 0 Å². The average molecular weight is 329 g/mol. The van der Waals surface area contributed by atoms with E-state index in [4.69, 9.17) is 4.74 Å². The first-order valence-electron chi connectivity index (χ1n) is 6.35. The fraction of sp³-hybridized carbons (Fsp3) is 0.500. The third-order valence-electron chi connectivity index (χ3n) is 2.61. The lowest BCUT2D eigenvalue weighted by Gasteiger charge is -2.14. The van der Waals surface area contributed by atoms with Crippen LogP contribution >= 0.6 is 15.9 Å². The highest BCUT2D eigenvalue weighted by atomic mass is 79.9. The molecule has 106 valence electrons. The summed E-state index contributed by atoms with van der Waals surface area (Å²) in [5, 5.41) is 5.99. The Morgan fingerprint density at radius 2 is 2.26 bits per heavy atom. The first kappa shape index (κ1) is 16.1. The molecule has 1 amide bonds. The summed E-state index contributed by atoms with van der Waals surface area (Å²) in [4.78, 5) is 11.7. The van der Waals surface area contributed by atoms with E-state index >= 15 is 0 Å². The Morgan fingerprint density at radius 1 is 1.47 bits per heavy atom. The van der Waals surface area contributed by atoms with Gasteiger partial charge in [0.05, 0.1) is 13.2 Å². The molecule has 1 atom stereocenters. The quantitative estimate of drug-likeness (QED) is 0.714. The van der Waals surface area contributed by atoms with Crippen molar-refractivity contribution in [2.24, 2.45) is 0 Å². The lowest BCUT2D eigenvalue weighted by atomic mass is 10.1. The van der Waals surface area contributed by atoms with Gasteiger partial charge in [0.2, 0.25) is 5.91 Å². The smallest absolute Gasteiger partial charge is 0.234 e. The van der Waals surface area contributed by atoms with Crippen molar-refractivity contribution < 1.29 is 9.53 Å². The summed E-state index contributed by atoms with van der Waals surface area (Å²) in [5.41, 5.74) is 1.20. The molecule has 0 radical (unpaired) electrons. The van der Waals surface area contributed by atoms with Crippen LogP contribution in [0, 0.1) is 0 Å². The number of ether oxygens (including phenoxy) is 1. The third-order valence-corrected chi connectivity index (χ3v) is 3.10. The molecule has 0 aliphatic carbocycles. The van der Waals surface area contributed by atoms with E-state index in [1.165, 1.54) is 5.56 Å². The van der Waals surface area contributed by atoms with Gasteiger partial charge in [0.25, 0.3) is 0 Å². The highest BCUT2D eigenvalue weighted by molar-refractivity contribution is 9.10. The zero-order valence-electron chi connectivity index (χ0n) is 11.4. The Kier molecular flexibility index (Phi) is 7.70. The summed E-state index contributed by atoms with van der Waals surface area (Å²) < 4.78 is 5.96. The molecule has 0 spiro atoms. The van der Waals surface area contributed by atoms with E-state index < -0.39 is 0 Å². The lowest BCUT2D eigenvalue weighted by Crippen LogP contribution is -2.40. The van der Waals surface area contributed by atoms with Crippen molar-refractivity contribution in [1.29, 1.82) is 0 Å². The standard InChI is InChI=1S/C14H21BrN2O2/c1-11(8-12-4-3-5-13(15)9-12)17-14(18)10-16-6-7-19-2/h3-5,9,11,16H,6-8,10H2,1-2H3,(H,17,18). The van der Waals surface area contributed by atoms with Crippen LogP contribution in [0.4, 0.5) is 0 Å². The maximum Gasteiger partial charge on any atom is 0.234 e. The van der Waals surface area contributed by atoms with Crippen molar-refractivity contribution in [3.8, 4) is 0 Å². The van der Waals surface area contributed by atoms with E-state index in [0.717, 1.165) is 10.9 Å². The van der Waals surface area contributed by atoms with Gasteiger partial charge in [-0.05, 0) is 31.0 Å². The number of halogens is 1. The molecule has 1 unspecified atom stereocenters. The van der Waals surface area contributed by atoms with Crippen molar-refractivity contribution in [3.63, 3.8) is 0 Å². The SMILES string of the molecule is COCCNCC(=O)NC(C)Cc1cccc(Br)c1. The number of amides is 1. The molecule has 0 fully saturated rings. The van der Waals surface area contributed by atoms with Gasteiger partial charge in [-0.2, -0.15) is 0 Å². The zero-order chi connectivity index (χ0) is 14.1. The van der Waals surface area contributed by atoms with Gasteiger partial charge in [0.1, 0.15) is 0 Å². The van der Waals surface area contributed by atoms with Crippen LogP contribution in [-0.2, 0) is 16.0 Å². The van der Waals surface area contributed by atoms with Gasteiger partial charge in [-0.15, -0.1) is 0 Å². The van der Waals surface area contributed by atoms with Gasteiger partial charge < -0.3 is 15.4 Å². The maximum atomic E-state index is 11.7. The molecule has 2 N–H and O–H groups in total. The number of benzene rings is 1. The Hall–Kier alpha value is -0.910. The van der Waals surface area contributed by atoms with Crippen LogP contribution in [0.3, 0.4) is 0 Å². The molecular weight excluding hydrogens is 308 g/mol. The molecule has 19 heavy (non-hydrogen) atoms. The monoisotopic (exact) mass is 328 g/mol. The summed E-state index contributed by atoms with van der Waals surface area (Å²) in [6, 6.07) is 8.24. The van der Waals surface area contributed by atoms with Gasteiger partial charge in [-0.1, -0.05) is 28.1 Å². The first-order valence-corrected chi connectivity index (χ1v) is 7.14. The summed E-state index contributed by atoms with van der Waals surface area (Å²) in [7, 11) is 1.64. The van der Waals surface area contributed by atoms with Crippen molar-refractivity contribution in [2.45, 2.75) is 19.4 Å². The molecule has 0 aromatic heterocycles. The maximum absolute atomic E-state index is 11.7. The number of hydrogen-bond donors (Lipinski definition) is 2. The van der Waals surface area contributed by atoms with Gasteiger partial charge in [-0.3, -0.25) is 4.79 Å². The second-order valence-corrected chi connectivity index (χ2v) is 5.39. The van der Waals surface area contributed by atoms with E-state index in [1.807, 2.05) is 19.1 Å². The average Bonchev–Trinajstić information content (AvgIpc) is 2.34. The molecule has 0 heterocycles. The summed E-state index contributed by atoms with van der Waals surface area (Å²) >= 11 is 3.44. The van der Waals surface area contributed by atoms with Gasteiger partial charge in [0, 0.05) is 24.2 Å². The number of carbonyl (C=O) groups is 1. The van der Waals surface area contributed by atoms with Gasteiger partial charge >= 0.3 is 0 Å². The number of nitrogens with one attached hydrogen (secondary N) is 2. The molecule has 0 bridgehead atoms. The fourth-order valence-corrected chi connectivity index (χ4v) is 2.22. The zero-order valence-corrected chi connectivity index (χ0v) is 13.0. The minimum Gasteiger partial charge on any atom is -0.383 e. The molecule has 1 rings (SSSR count).